The van der Waals surface area contributed by atoms with E-state index in [1.807, 2.05) is 19.2 Å². The molecule has 2 aromatic rings. The van der Waals surface area contributed by atoms with Crippen LogP contribution in [0.1, 0.15) is 31.4 Å². The summed E-state index contributed by atoms with van der Waals surface area (Å²) in [4.78, 5) is 19.0. The lowest BCUT2D eigenvalue weighted by atomic mass is 9.95. The maximum absolute atomic E-state index is 12.7. The highest BCUT2D eigenvalue weighted by Crippen LogP contribution is 2.25. The zero-order valence-electron chi connectivity index (χ0n) is 15.9. The van der Waals surface area contributed by atoms with Crippen LogP contribution in [-0.4, -0.2) is 54.2 Å². The Balaban J connectivity index is 1.29. The smallest absolute Gasteiger partial charge is 0.225 e. The number of piperidine rings is 1. The predicted octanol–water partition coefficient (Wildman–Crippen LogP) is 2.54. The monoisotopic (exact) mass is 369 g/mol. The third kappa shape index (κ3) is 4.07. The average molecular weight is 369 g/mol. The molecule has 0 aliphatic carbocycles. The fourth-order valence-electron chi connectivity index (χ4n) is 3.98. The molecule has 0 unspecified atom stereocenters. The lowest BCUT2D eigenvalue weighted by Gasteiger charge is -2.33. The number of nitrogens with zero attached hydrogens (tertiary/aromatic N) is 5. The normalized spacial score (nSPS) is 18.1. The van der Waals surface area contributed by atoms with E-state index >= 15 is 0 Å². The van der Waals surface area contributed by atoms with Gasteiger partial charge in [0.05, 0.1) is 12.8 Å². The number of carbonyl (C=O) groups excluding carboxylic acids is 1. The summed E-state index contributed by atoms with van der Waals surface area (Å²) < 4.78 is 5.34. The van der Waals surface area contributed by atoms with Crippen LogP contribution in [0.15, 0.2) is 34.9 Å². The van der Waals surface area contributed by atoms with Crippen LogP contribution in [0.25, 0.3) is 0 Å². The van der Waals surface area contributed by atoms with Gasteiger partial charge in [-0.25, -0.2) is 0 Å². The summed E-state index contributed by atoms with van der Waals surface area (Å²) in [6, 6.07) is 7.88. The summed E-state index contributed by atoms with van der Waals surface area (Å²) in [6.45, 7) is 4.35. The fraction of sp³-hybridized carbons (Fsp3) is 0.550. The molecule has 0 aromatic carbocycles. The van der Waals surface area contributed by atoms with Crippen LogP contribution in [0.4, 0.5) is 11.6 Å². The molecule has 7 heteroatoms. The largest absolute Gasteiger partial charge is 0.467 e. The predicted molar refractivity (Wildman–Crippen MR) is 104 cm³/mol. The van der Waals surface area contributed by atoms with Gasteiger partial charge in [-0.05, 0) is 49.9 Å². The van der Waals surface area contributed by atoms with Crippen LogP contribution in [0, 0.1) is 5.92 Å². The van der Waals surface area contributed by atoms with Crippen molar-refractivity contribution in [1.82, 2.24) is 15.1 Å². The molecule has 2 saturated heterocycles. The van der Waals surface area contributed by atoms with Gasteiger partial charge in [-0.1, -0.05) is 0 Å². The van der Waals surface area contributed by atoms with Crippen LogP contribution in [0.2, 0.25) is 0 Å². The van der Waals surface area contributed by atoms with Crippen molar-refractivity contribution in [1.29, 1.82) is 0 Å². The van der Waals surface area contributed by atoms with E-state index in [9.17, 15) is 4.79 Å². The summed E-state index contributed by atoms with van der Waals surface area (Å²) >= 11 is 0. The molecule has 2 aliphatic heterocycles. The van der Waals surface area contributed by atoms with E-state index in [0.29, 0.717) is 6.54 Å². The van der Waals surface area contributed by atoms with Crippen molar-refractivity contribution in [3.05, 3.63) is 36.3 Å². The van der Waals surface area contributed by atoms with Crippen molar-refractivity contribution >= 4 is 17.5 Å². The molecule has 0 atom stereocenters. The molecule has 0 radical (unpaired) electrons. The van der Waals surface area contributed by atoms with Crippen LogP contribution in [-0.2, 0) is 11.3 Å². The Hall–Kier alpha value is -2.57. The fourth-order valence-corrected chi connectivity index (χ4v) is 3.98. The number of anilines is 2. The molecule has 7 nitrogen and oxygen atoms in total. The standard InChI is InChI=1S/C20H27N5O2/c1-23(15-17-5-4-14-27-17)20(26)16-8-12-25(13-9-16)19-7-6-18(21-22-19)24-10-2-3-11-24/h4-7,14,16H,2-3,8-13,15H2,1H3. The van der Waals surface area contributed by atoms with E-state index in [1.54, 1.807) is 11.2 Å². The quantitative estimate of drug-likeness (QED) is 0.807. The van der Waals surface area contributed by atoms with Gasteiger partial charge in [-0.2, -0.15) is 0 Å². The van der Waals surface area contributed by atoms with Crippen molar-refractivity contribution < 1.29 is 9.21 Å². The van der Waals surface area contributed by atoms with Gasteiger partial charge < -0.3 is 19.1 Å². The summed E-state index contributed by atoms with van der Waals surface area (Å²) in [5, 5.41) is 8.84. The van der Waals surface area contributed by atoms with Gasteiger partial charge >= 0.3 is 0 Å². The van der Waals surface area contributed by atoms with Gasteiger partial charge in [0.1, 0.15) is 5.76 Å². The second kappa shape index (κ2) is 7.98. The molecule has 0 bridgehead atoms. The first kappa shape index (κ1) is 17.8. The summed E-state index contributed by atoms with van der Waals surface area (Å²) in [5.41, 5.74) is 0. The first-order chi connectivity index (χ1) is 13.2. The zero-order chi connectivity index (χ0) is 18.6. The van der Waals surface area contributed by atoms with Crippen LogP contribution >= 0.6 is 0 Å². The van der Waals surface area contributed by atoms with E-state index in [0.717, 1.165) is 56.4 Å². The van der Waals surface area contributed by atoms with Crippen LogP contribution in [0.5, 0.6) is 0 Å². The van der Waals surface area contributed by atoms with Gasteiger partial charge in [0, 0.05) is 39.1 Å². The molecule has 2 fully saturated rings. The van der Waals surface area contributed by atoms with E-state index in [-0.39, 0.29) is 11.8 Å². The third-order valence-corrected chi connectivity index (χ3v) is 5.58. The second-order valence-electron chi connectivity index (χ2n) is 7.48. The molecule has 4 heterocycles. The zero-order valence-corrected chi connectivity index (χ0v) is 15.9. The Morgan fingerprint density at radius 3 is 2.26 bits per heavy atom. The Kier molecular flexibility index (Phi) is 5.27. The van der Waals surface area contributed by atoms with Gasteiger partial charge in [-0.15, -0.1) is 10.2 Å². The second-order valence-corrected chi connectivity index (χ2v) is 7.48. The highest BCUT2D eigenvalue weighted by Gasteiger charge is 2.28. The van der Waals surface area contributed by atoms with Gasteiger partial charge in [0.2, 0.25) is 5.91 Å². The number of hydrogen-bond donors (Lipinski definition) is 0. The maximum Gasteiger partial charge on any atom is 0.225 e. The molecule has 2 aliphatic rings. The third-order valence-electron chi connectivity index (χ3n) is 5.58. The number of amides is 1. The van der Waals surface area contributed by atoms with Crippen molar-refractivity contribution in [2.45, 2.75) is 32.2 Å². The number of furan rings is 1. The molecular formula is C20H27N5O2. The molecule has 27 heavy (non-hydrogen) atoms. The minimum absolute atomic E-state index is 0.0676. The summed E-state index contributed by atoms with van der Waals surface area (Å²) in [7, 11) is 1.85. The first-order valence-corrected chi connectivity index (χ1v) is 9.82. The topological polar surface area (TPSA) is 65.7 Å². The number of rotatable bonds is 5. The van der Waals surface area contributed by atoms with Crippen molar-refractivity contribution in [3.8, 4) is 0 Å². The Labute approximate surface area is 159 Å². The molecule has 1 amide bonds. The Bertz CT molecular complexity index is 732. The molecule has 0 saturated carbocycles. The van der Waals surface area contributed by atoms with E-state index in [1.165, 1.54) is 12.8 Å². The van der Waals surface area contributed by atoms with Crippen molar-refractivity contribution in [2.24, 2.45) is 5.92 Å². The number of carbonyl (C=O) groups is 1. The van der Waals surface area contributed by atoms with Gasteiger partial charge in [-0.3, -0.25) is 4.79 Å². The van der Waals surface area contributed by atoms with E-state index in [2.05, 4.69) is 32.1 Å². The summed E-state index contributed by atoms with van der Waals surface area (Å²) in [6.07, 6.45) is 5.80. The number of hydrogen-bond acceptors (Lipinski definition) is 6. The maximum atomic E-state index is 12.7. The summed E-state index contributed by atoms with van der Waals surface area (Å²) in [5.74, 6) is 2.96. The van der Waals surface area contributed by atoms with Crippen LogP contribution in [0.3, 0.4) is 0 Å². The molecule has 4 rings (SSSR count). The minimum Gasteiger partial charge on any atom is -0.467 e. The van der Waals surface area contributed by atoms with Gasteiger partial charge in [0.15, 0.2) is 11.6 Å². The molecule has 0 N–H and O–H groups in total. The average Bonchev–Trinajstić information content (AvgIpc) is 3.42. The molecular weight excluding hydrogens is 342 g/mol. The Morgan fingerprint density at radius 2 is 1.70 bits per heavy atom. The number of aromatic nitrogens is 2. The highest BCUT2D eigenvalue weighted by molar-refractivity contribution is 5.78. The minimum atomic E-state index is 0.0676. The van der Waals surface area contributed by atoms with E-state index in [4.69, 9.17) is 4.42 Å². The lowest BCUT2D eigenvalue weighted by molar-refractivity contribution is -0.135. The first-order valence-electron chi connectivity index (χ1n) is 9.82. The Morgan fingerprint density at radius 1 is 1.07 bits per heavy atom. The van der Waals surface area contributed by atoms with Crippen LogP contribution < -0.4 is 9.80 Å². The SMILES string of the molecule is CN(Cc1ccco1)C(=O)C1CCN(c2ccc(N3CCCC3)nn2)CC1. The molecule has 0 spiro atoms. The molecule has 2 aromatic heterocycles. The lowest BCUT2D eigenvalue weighted by Crippen LogP contribution is -2.41. The van der Waals surface area contributed by atoms with Crippen molar-refractivity contribution in [2.75, 3.05) is 43.0 Å². The highest BCUT2D eigenvalue weighted by atomic mass is 16.3. The van der Waals surface area contributed by atoms with Gasteiger partial charge in [0.25, 0.3) is 0 Å². The van der Waals surface area contributed by atoms with E-state index < -0.39 is 0 Å². The van der Waals surface area contributed by atoms with Crippen molar-refractivity contribution in [3.63, 3.8) is 0 Å². The molecule has 144 valence electrons.